The monoisotopic (exact) mass is 351 g/mol. The number of carbonyl (C=O) groups is 1. The maximum Gasteiger partial charge on any atom is 0.441 e. The number of carbonyl (C=O) groups excluding carboxylic acids is 1. The highest BCUT2D eigenvalue weighted by Crippen LogP contribution is 2.67. The van der Waals surface area contributed by atoms with E-state index in [9.17, 15) is 23.1 Å². The Morgan fingerprint density at radius 1 is 1.26 bits per heavy atom. The maximum atomic E-state index is 12.7. The zero-order valence-electron chi connectivity index (χ0n) is 13.3. The van der Waals surface area contributed by atoms with Gasteiger partial charge in [0.15, 0.2) is 0 Å². The van der Waals surface area contributed by atoms with Crippen LogP contribution in [0.25, 0.3) is 0 Å². The van der Waals surface area contributed by atoms with Gasteiger partial charge in [-0.05, 0) is 61.6 Å². The first-order valence-corrected chi connectivity index (χ1v) is 9.29. The van der Waals surface area contributed by atoms with Gasteiger partial charge in [-0.2, -0.15) is 13.2 Å². The molecule has 0 aromatic heterocycles. The fourth-order valence-electron chi connectivity index (χ4n) is 5.75. The van der Waals surface area contributed by atoms with Crippen LogP contribution in [0.4, 0.5) is 13.2 Å². The molecule has 23 heavy (non-hydrogen) atoms. The van der Waals surface area contributed by atoms with Gasteiger partial charge in [-0.25, -0.2) is 0 Å². The summed E-state index contributed by atoms with van der Waals surface area (Å²) in [6, 6.07) is 0. The average Bonchev–Trinajstić information content (AvgIpc) is 2.39. The molecule has 4 atom stereocenters. The molecule has 4 unspecified atom stereocenters. The molecule has 0 spiro atoms. The smallest absolute Gasteiger partial charge is 0.390 e. The molecule has 4 rings (SSSR count). The van der Waals surface area contributed by atoms with E-state index in [4.69, 9.17) is 0 Å². The van der Waals surface area contributed by atoms with E-state index in [1.165, 1.54) is 0 Å². The fraction of sp³-hybridized carbons (Fsp3) is 0.938. The molecule has 1 amide bonds. The Kier molecular flexibility index (Phi) is 4.19. The molecule has 7 heteroatoms. The van der Waals surface area contributed by atoms with E-state index < -0.39 is 16.5 Å². The third-order valence-corrected chi connectivity index (χ3v) is 6.78. The SMILES string of the molecule is CCC12CC3CC(O)(C1)CC(C(=O)NCCSC(F)(F)F)(C3)C2. The van der Waals surface area contributed by atoms with Gasteiger partial charge in [-0.1, -0.05) is 13.3 Å². The zero-order chi connectivity index (χ0) is 16.9. The van der Waals surface area contributed by atoms with Gasteiger partial charge >= 0.3 is 5.51 Å². The molecule has 4 bridgehead atoms. The van der Waals surface area contributed by atoms with Gasteiger partial charge < -0.3 is 10.4 Å². The Bertz CT molecular complexity index is 500. The molecule has 4 saturated carbocycles. The van der Waals surface area contributed by atoms with E-state index in [1.54, 1.807) is 0 Å². The van der Waals surface area contributed by atoms with Gasteiger partial charge in [0.05, 0.1) is 11.0 Å². The van der Waals surface area contributed by atoms with Crippen molar-refractivity contribution in [1.29, 1.82) is 0 Å². The summed E-state index contributed by atoms with van der Waals surface area (Å²) in [6.07, 6.45) is 5.58. The minimum Gasteiger partial charge on any atom is -0.390 e. The van der Waals surface area contributed by atoms with Crippen LogP contribution < -0.4 is 5.32 Å². The van der Waals surface area contributed by atoms with Crippen molar-refractivity contribution in [3.05, 3.63) is 0 Å². The number of aliphatic hydroxyl groups is 1. The predicted molar refractivity (Wildman–Crippen MR) is 82.8 cm³/mol. The molecule has 132 valence electrons. The quantitative estimate of drug-likeness (QED) is 0.746. The van der Waals surface area contributed by atoms with Crippen LogP contribution in [0, 0.1) is 16.7 Å². The second-order valence-corrected chi connectivity index (χ2v) is 9.08. The second-order valence-electron chi connectivity index (χ2n) is 7.92. The molecule has 0 aromatic rings. The summed E-state index contributed by atoms with van der Waals surface area (Å²) in [5, 5.41) is 13.6. The van der Waals surface area contributed by atoms with Crippen LogP contribution in [0.1, 0.15) is 51.9 Å². The van der Waals surface area contributed by atoms with Gasteiger partial charge in [0.2, 0.25) is 5.91 Å². The second kappa shape index (κ2) is 5.55. The summed E-state index contributed by atoms with van der Waals surface area (Å²) in [5.41, 5.74) is -5.56. The summed E-state index contributed by atoms with van der Waals surface area (Å²) in [6.45, 7) is 2.13. The minimum absolute atomic E-state index is 0.0208. The van der Waals surface area contributed by atoms with Crippen LogP contribution in [0.5, 0.6) is 0 Å². The summed E-state index contributed by atoms with van der Waals surface area (Å²) in [4.78, 5) is 12.7. The topological polar surface area (TPSA) is 49.3 Å². The first kappa shape index (κ1) is 17.4. The van der Waals surface area contributed by atoms with E-state index in [2.05, 4.69) is 12.2 Å². The van der Waals surface area contributed by atoms with Crippen LogP contribution in [-0.2, 0) is 4.79 Å². The molecule has 0 saturated heterocycles. The van der Waals surface area contributed by atoms with Crippen molar-refractivity contribution >= 4 is 17.7 Å². The number of hydrogen-bond acceptors (Lipinski definition) is 3. The summed E-state index contributed by atoms with van der Waals surface area (Å²) in [5.74, 6) is 0.0462. The normalized spacial score (nSPS) is 42.0. The summed E-state index contributed by atoms with van der Waals surface area (Å²) >= 11 is -0.109. The Morgan fingerprint density at radius 2 is 2.00 bits per heavy atom. The average molecular weight is 351 g/mol. The highest BCUT2D eigenvalue weighted by atomic mass is 32.2. The number of thioether (sulfide) groups is 1. The third-order valence-electron chi connectivity index (χ3n) is 6.04. The standard InChI is InChI=1S/C16H24F3NO2S/c1-2-13-5-11-6-14(8-13,10-15(22,7-11)9-13)12(21)20-3-4-23-16(17,18)19/h11,22H,2-10H2,1H3,(H,20,21). The summed E-state index contributed by atoms with van der Waals surface area (Å²) in [7, 11) is 0. The van der Waals surface area contributed by atoms with Gasteiger partial charge in [0, 0.05) is 12.3 Å². The van der Waals surface area contributed by atoms with Gasteiger partial charge in [0.25, 0.3) is 0 Å². The molecule has 0 aromatic carbocycles. The van der Waals surface area contributed by atoms with Crippen molar-refractivity contribution in [2.75, 3.05) is 12.3 Å². The lowest BCUT2D eigenvalue weighted by molar-refractivity contribution is -0.204. The number of amides is 1. The molecule has 4 aliphatic carbocycles. The molecular weight excluding hydrogens is 327 g/mol. The van der Waals surface area contributed by atoms with Gasteiger partial charge in [-0.3, -0.25) is 4.79 Å². The van der Waals surface area contributed by atoms with E-state index in [1.807, 2.05) is 0 Å². The van der Waals surface area contributed by atoms with Crippen LogP contribution in [-0.4, -0.2) is 34.4 Å². The number of alkyl halides is 3. The molecule has 4 fully saturated rings. The molecule has 3 nitrogen and oxygen atoms in total. The maximum absolute atomic E-state index is 12.7. The lowest BCUT2D eigenvalue weighted by Gasteiger charge is -2.64. The lowest BCUT2D eigenvalue weighted by atomic mass is 9.42. The fourth-order valence-corrected chi connectivity index (χ4v) is 6.19. The van der Waals surface area contributed by atoms with Crippen LogP contribution in [0.2, 0.25) is 0 Å². The Morgan fingerprint density at radius 3 is 2.61 bits per heavy atom. The highest BCUT2D eigenvalue weighted by molar-refractivity contribution is 8.00. The minimum atomic E-state index is -4.26. The lowest BCUT2D eigenvalue weighted by Crippen LogP contribution is -2.63. The van der Waals surface area contributed by atoms with E-state index in [0.29, 0.717) is 12.3 Å². The molecular formula is C16H24F3NO2S. The van der Waals surface area contributed by atoms with Crippen molar-refractivity contribution in [3.8, 4) is 0 Å². The number of rotatable bonds is 5. The molecule has 4 aliphatic rings. The number of hydrogen-bond donors (Lipinski definition) is 2. The number of nitrogens with one attached hydrogen (secondary N) is 1. The molecule has 0 aliphatic heterocycles. The first-order valence-electron chi connectivity index (χ1n) is 8.31. The molecule has 2 N–H and O–H groups in total. The Hall–Kier alpha value is -0.430. The van der Waals surface area contributed by atoms with E-state index >= 15 is 0 Å². The zero-order valence-corrected chi connectivity index (χ0v) is 14.2. The van der Waals surface area contributed by atoms with Crippen molar-refractivity contribution in [2.45, 2.75) is 63.0 Å². The van der Waals surface area contributed by atoms with Crippen LogP contribution >= 0.6 is 11.8 Å². The number of halogens is 3. The van der Waals surface area contributed by atoms with Crippen molar-refractivity contribution in [3.63, 3.8) is 0 Å². The Labute approximate surface area is 138 Å². The highest BCUT2D eigenvalue weighted by Gasteiger charge is 2.64. The van der Waals surface area contributed by atoms with Crippen molar-refractivity contribution in [2.24, 2.45) is 16.7 Å². The summed E-state index contributed by atoms with van der Waals surface area (Å²) < 4.78 is 36.5. The Balaban J connectivity index is 1.66. The molecule has 0 heterocycles. The van der Waals surface area contributed by atoms with Crippen LogP contribution in [0.15, 0.2) is 0 Å². The first-order chi connectivity index (χ1) is 10.6. The van der Waals surface area contributed by atoms with Gasteiger partial charge in [-0.15, -0.1) is 0 Å². The van der Waals surface area contributed by atoms with Crippen molar-refractivity contribution < 1.29 is 23.1 Å². The van der Waals surface area contributed by atoms with E-state index in [-0.39, 0.29) is 35.4 Å². The molecule has 0 radical (unpaired) electrons. The predicted octanol–water partition coefficient (Wildman–Crippen LogP) is 3.47. The van der Waals surface area contributed by atoms with Crippen LogP contribution in [0.3, 0.4) is 0 Å². The largest absolute Gasteiger partial charge is 0.441 e. The third kappa shape index (κ3) is 3.36. The van der Waals surface area contributed by atoms with Crippen molar-refractivity contribution in [1.82, 2.24) is 5.32 Å². The van der Waals surface area contributed by atoms with Gasteiger partial charge in [0.1, 0.15) is 0 Å². The van der Waals surface area contributed by atoms with E-state index in [0.717, 1.165) is 38.5 Å².